The Kier molecular flexibility index (Phi) is 4.67. The number of pyridine rings is 1. The van der Waals surface area contributed by atoms with Gasteiger partial charge in [0.15, 0.2) is 0 Å². The Labute approximate surface area is 121 Å². The lowest BCUT2D eigenvalue weighted by Crippen LogP contribution is -2.41. The number of alkyl halides is 1. The molecule has 0 spiro atoms. The summed E-state index contributed by atoms with van der Waals surface area (Å²) in [5, 5.41) is 1.01. The third-order valence-corrected chi connectivity index (χ3v) is 4.63. The molecule has 1 unspecified atom stereocenters. The van der Waals surface area contributed by atoms with E-state index in [-0.39, 0.29) is 0 Å². The fraction of sp³-hybridized carbons (Fsp3) is 0.545. The van der Waals surface area contributed by atoms with Gasteiger partial charge in [-0.2, -0.15) is 0 Å². The molecule has 0 aromatic carbocycles. The molecule has 0 amide bonds. The number of rotatable bonds is 2. The zero-order valence-electron chi connectivity index (χ0n) is 8.80. The van der Waals surface area contributed by atoms with Gasteiger partial charge >= 0.3 is 0 Å². The maximum atomic E-state index is 4.51. The van der Waals surface area contributed by atoms with Crippen molar-refractivity contribution >= 4 is 53.6 Å². The first-order valence-corrected chi connectivity index (χ1v) is 8.07. The Bertz CT molecular complexity index is 370. The highest BCUT2D eigenvalue weighted by Gasteiger charge is 2.24. The van der Waals surface area contributed by atoms with Gasteiger partial charge in [0.25, 0.3) is 0 Å². The predicted octanol–water partition coefficient (Wildman–Crippen LogP) is 4.36. The van der Waals surface area contributed by atoms with Crippen molar-refractivity contribution in [2.24, 2.45) is 0 Å². The first-order chi connectivity index (χ1) is 7.72. The van der Waals surface area contributed by atoms with E-state index in [4.69, 9.17) is 0 Å². The molecule has 0 bridgehead atoms. The van der Waals surface area contributed by atoms with Gasteiger partial charge in [0.2, 0.25) is 0 Å². The molecule has 0 aliphatic carbocycles. The Hall–Kier alpha value is 0.390. The lowest BCUT2D eigenvalue weighted by atomic mass is 10.0. The number of piperidine rings is 1. The van der Waals surface area contributed by atoms with Gasteiger partial charge < -0.3 is 4.90 Å². The fourth-order valence-electron chi connectivity index (χ4n) is 2.06. The van der Waals surface area contributed by atoms with E-state index in [0.717, 1.165) is 26.6 Å². The standard InChI is InChI=1S/C11H13Br3N2/c12-6-9-3-1-2-4-16(9)11-10(14)5-8(13)7-15-11/h5,7,9H,1-4,6H2. The van der Waals surface area contributed by atoms with Crippen molar-refractivity contribution in [1.29, 1.82) is 0 Å². The van der Waals surface area contributed by atoms with Crippen molar-refractivity contribution in [3.8, 4) is 0 Å². The third kappa shape index (κ3) is 2.79. The van der Waals surface area contributed by atoms with Gasteiger partial charge in [-0.3, -0.25) is 0 Å². The molecule has 1 aliphatic rings. The number of hydrogen-bond acceptors (Lipinski definition) is 2. The summed E-state index contributed by atoms with van der Waals surface area (Å²) in [4.78, 5) is 6.91. The van der Waals surface area contributed by atoms with Crippen molar-refractivity contribution in [3.63, 3.8) is 0 Å². The molecule has 1 aromatic heterocycles. The quantitative estimate of drug-likeness (QED) is 0.671. The van der Waals surface area contributed by atoms with Gasteiger partial charge in [0.1, 0.15) is 5.82 Å². The number of anilines is 1. The molecule has 0 radical (unpaired) electrons. The smallest absolute Gasteiger partial charge is 0.143 e. The van der Waals surface area contributed by atoms with Crippen molar-refractivity contribution in [3.05, 3.63) is 21.2 Å². The monoisotopic (exact) mass is 410 g/mol. The minimum absolute atomic E-state index is 0.568. The van der Waals surface area contributed by atoms with Crippen LogP contribution in [0.2, 0.25) is 0 Å². The molecule has 16 heavy (non-hydrogen) atoms. The van der Waals surface area contributed by atoms with E-state index in [1.54, 1.807) is 0 Å². The Morgan fingerprint density at radius 3 is 2.88 bits per heavy atom. The van der Waals surface area contributed by atoms with E-state index in [2.05, 4.69) is 63.7 Å². The molecule has 5 heteroatoms. The van der Waals surface area contributed by atoms with E-state index in [9.17, 15) is 0 Å². The van der Waals surface area contributed by atoms with Crippen molar-refractivity contribution in [1.82, 2.24) is 4.98 Å². The highest BCUT2D eigenvalue weighted by molar-refractivity contribution is 9.11. The second kappa shape index (κ2) is 5.83. The second-order valence-electron chi connectivity index (χ2n) is 3.96. The maximum Gasteiger partial charge on any atom is 0.143 e. The summed E-state index contributed by atoms with van der Waals surface area (Å²) in [6.45, 7) is 1.10. The van der Waals surface area contributed by atoms with Crippen LogP contribution in [0.4, 0.5) is 5.82 Å². The van der Waals surface area contributed by atoms with Crippen LogP contribution in [0.15, 0.2) is 21.2 Å². The van der Waals surface area contributed by atoms with Gasteiger partial charge in [0, 0.05) is 28.6 Å². The van der Waals surface area contributed by atoms with Crippen LogP contribution in [0.1, 0.15) is 19.3 Å². The van der Waals surface area contributed by atoms with Gasteiger partial charge in [-0.25, -0.2) is 4.98 Å². The van der Waals surface area contributed by atoms with Crippen LogP contribution in [0.3, 0.4) is 0 Å². The first-order valence-electron chi connectivity index (χ1n) is 5.36. The molecular formula is C11H13Br3N2. The molecule has 2 rings (SSSR count). The third-order valence-electron chi connectivity index (χ3n) is 2.87. The summed E-state index contributed by atoms with van der Waals surface area (Å²) < 4.78 is 2.07. The lowest BCUT2D eigenvalue weighted by Gasteiger charge is -2.36. The Morgan fingerprint density at radius 2 is 2.19 bits per heavy atom. The summed E-state index contributed by atoms with van der Waals surface area (Å²) in [7, 11) is 0. The molecule has 1 aliphatic heterocycles. The molecule has 1 fully saturated rings. The molecule has 2 nitrogen and oxygen atoms in total. The van der Waals surface area contributed by atoms with Crippen molar-refractivity contribution in [2.45, 2.75) is 25.3 Å². The SMILES string of the molecule is BrCC1CCCCN1c1ncc(Br)cc1Br. The van der Waals surface area contributed by atoms with Gasteiger partial charge in [-0.05, 0) is 57.2 Å². The van der Waals surface area contributed by atoms with E-state index in [0.29, 0.717) is 6.04 Å². The summed E-state index contributed by atoms with van der Waals surface area (Å²) >= 11 is 10.6. The molecule has 0 saturated carbocycles. The number of aromatic nitrogens is 1. The highest BCUT2D eigenvalue weighted by atomic mass is 79.9. The number of nitrogens with zero attached hydrogens (tertiary/aromatic N) is 2. The molecule has 1 aromatic rings. The molecule has 0 N–H and O–H groups in total. The topological polar surface area (TPSA) is 16.1 Å². The highest BCUT2D eigenvalue weighted by Crippen LogP contribution is 2.31. The van der Waals surface area contributed by atoms with Gasteiger partial charge in [-0.1, -0.05) is 15.9 Å². The van der Waals surface area contributed by atoms with Crippen molar-refractivity contribution in [2.75, 3.05) is 16.8 Å². The number of hydrogen-bond donors (Lipinski definition) is 0. The average Bonchev–Trinajstić information content (AvgIpc) is 2.29. The van der Waals surface area contributed by atoms with Crippen molar-refractivity contribution < 1.29 is 0 Å². The van der Waals surface area contributed by atoms with Crippen LogP contribution in [0.5, 0.6) is 0 Å². The zero-order chi connectivity index (χ0) is 11.5. The van der Waals surface area contributed by atoms with Crippen LogP contribution in [0.25, 0.3) is 0 Å². The van der Waals surface area contributed by atoms with E-state index in [1.165, 1.54) is 19.3 Å². The average molecular weight is 413 g/mol. The molecule has 1 saturated heterocycles. The van der Waals surface area contributed by atoms with E-state index >= 15 is 0 Å². The predicted molar refractivity (Wildman–Crippen MR) is 78.4 cm³/mol. The summed E-state index contributed by atoms with van der Waals surface area (Å²) in [5.74, 6) is 1.06. The minimum atomic E-state index is 0.568. The molecule has 1 atom stereocenters. The molecule has 2 heterocycles. The lowest BCUT2D eigenvalue weighted by molar-refractivity contribution is 0.487. The first kappa shape index (κ1) is 12.8. The van der Waals surface area contributed by atoms with E-state index in [1.807, 2.05) is 6.20 Å². The van der Waals surface area contributed by atoms with Gasteiger partial charge in [0.05, 0.1) is 4.47 Å². The fourth-order valence-corrected chi connectivity index (χ4v) is 3.95. The Morgan fingerprint density at radius 1 is 1.38 bits per heavy atom. The van der Waals surface area contributed by atoms with Crippen LogP contribution < -0.4 is 4.90 Å². The summed E-state index contributed by atoms with van der Waals surface area (Å²) in [6, 6.07) is 2.63. The van der Waals surface area contributed by atoms with Gasteiger partial charge in [-0.15, -0.1) is 0 Å². The largest absolute Gasteiger partial charge is 0.352 e. The Balaban J connectivity index is 2.27. The molecule has 88 valence electrons. The zero-order valence-corrected chi connectivity index (χ0v) is 13.6. The van der Waals surface area contributed by atoms with Crippen LogP contribution in [-0.2, 0) is 0 Å². The normalized spacial score (nSPS) is 21.2. The van der Waals surface area contributed by atoms with E-state index < -0.39 is 0 Å². The summed E-state index contributed by atoms with van der Waals surface area (Å²) in [5.41, 5.74) is 0. The summed E-state index contributed by atoms with van der Waals surface area (Å²) in [6.07, 6.45) is 5.68. The minimum Gasteiger partial charge on any atom is -0.352 e. The van der Waals surface area contributed by atoms with Crippen LogP contribution >= 0.6 is 47.8 Å². The second-order valence-corrected chi connectivity index (χ2v) is 6.37. The van der Waals surface area contributed by atoms with Crippen LogP contribution in [0, 0.1) is 0 Å². The number of halogens is 3. The molecular weight excluding hydrogens is 400 g/mol. The maximum absolute atomic E-state index is 4.51. The van der Waals surface area contributed by atoms with Crippen LogP contribution in [-0.4, -0.2) is 22.9 Å².